The Hall–Kier alpha value is -2.30. The summed E-state index contributed by atoms with van der Waals surface area (Å²) in [5.74, 6) is 1.61. The molecular weight excluding hydrogens is 351 g/mol. The van der Waals surface area contributed by atoms with Crippen LogP contribution in [-0.2, 0) is 0 Å². The van der Waals surface area contributed by atoms with E-state index in [1.807, 2.05) is 19.3 Å². The summed E-state index contributed by atoms with van der Waals surface area (Å²) in [4.78, 5) is 11.7. The summed E-state index contributed by atoms with van der Waals surface area (Å²) in [6.45, 7) is 5.42. The van der Waals surface area contributed by atoms with Gasteiger partial charge in [-0.3, -0.25) is 0 Å². The highest BCUT2D eigenvalue weighted by Gasteiger charge is 2.24. The summed E-state index contributed by atoms with van der Waals surface area (Å²) in [6.07, 6.45) is 8.23. The molecule has 150 valence electrons. The van der Waals surface area contributed by atoms with Crippen molar-refractivity contribution >= 4 is 17.2 Å². The lowest BCUT2D eigenvalue weighted by atomic mass is 10.0. The number of pyridine rings is 1. The molecule has 0 saturated carbocycles. The van der Waals surface area contributed by atoms with Crippen LogP contribution in [0.2, 0.25) is 0 Å². The Morgan fingerprint density at radius 2 is 1.93 bits per heavy atom. The summed E-state index contributed by atoms with van der Waals surface area (Å²) < 4.78 is 13.4. The van der Waals surface area contributed by atoms with Gasteiger partial charge in [-0.25, -0.2) is 9.37 Å². The fraction of sp³-hybridized carbons (Fsp3) is 0.522. The number of piperidine rings is 1. The van der Waals surface area contributed by atoms with Crippen molar-refractivity contribution in [1.82, 2.24) is 4.98 Å². The number of benzene rings is 1. The Balaban J connectivity index is 1.31. The zero-order valence-corrected chi connectivity index (χ0v) is 16.9. The van der Waals surface area contributed by atoms with Gasteiger partial charge < -0.3 is 14.7 Å². The zero-order chi connectivity index (χ0) is 19.3. The Morgan fingerprint density at radius 3 is 2.75 bits per heavy atom. The van der Waals surface area contributed by atoms with E-state index in [-0.39, 0.29) is 5.82 Å². The molecule has 1 unspecified atom stereocenters. The highest BCUT2D eigenvalue weighted by Crippen LogP contribution is 2.28. The van der Waals surface area contributed by atoms with E-state index >= 15 is 0 Å². The second-order valence-corrected chi connectivity index (χ2v) is 8.21. The van der Waals surface area contributed by atoms with Gasteiger partial charge in [0.15, 0.2) is 0 Å². The van der Waals surface area contributed by atoms with Gasteiger partial charge in [-0.1, -0.05) is 6.07 Å². The molecule has 2 saturated heterocycles. The van der Waals surface area contributed by atoms with E-state index in [4.69, 9.17) is 0 Å². The van der Waals surface area contributed by atoms with Gasteiger partial charge in [-0.05, 0) is 62.3 Å². The Morgan fingerprint density at radius 1 is 1.07 bits per heavy atom. The fourth-order valence-corrected chi connectivity index (χ4v) is 4.42. The molecule has 4 rings (SSSR count). The summed E-state index contributed by atoms with van der Waals surface area (Å²) in [5, 5.41) is 0. The largest absolute Gasteiger partial charge is 0.375 e. The lowest BCUT2D eigenvalue weighted by molar-refractivity contribution is 0.538. The van der Waals surface area contributed by atoms with Crippen molar-refractivity contribution in [3.05, 3.63) is 48.4 Å². The van der Waals surface area contributed by atoms with Gasteiger partial charge in [0.25, 0.3) is 0 Å². The van der Waals surface area contributed by atoms with Crippen molar-refractivity contribution in [1.29, 1.82) is 0 Å². The average Bonchev–Trinajstić information content (AvgIpc) is 3.22. The van der Waals surface area contributed by atoms with Crippen molar-refractivity contribution < 1.29 is 4.39 Å². The SMILES string of the molecule is CN(CCC1CCN(c2cc(N3CCCCC3)ccn2)C1)c1cccc(F)c1. The molecule has 2 fully saturated rings. The van der Waals surface area contributed by atoms with E-state index in [1.165, 1.54) is 50.5 Å². The normalized spacial score (nSPS) is 19.9. The number of aromatic nitrogens is 1. The minimum absolute atomic E-state index is 0.170. The lowest BCUT2D eigenvalue weighted by Gasteiger charge is -2.29. The zero-order valence-electron chi connectivity index (χ0n) is 16.9. The van der Waals surface area contributed by atoms with E-state index in [0.29, 0.717) is 5.92 Å². The van der Waals surface area contributed by atoms with E-state index in [9.17, 15) is 4.39 Å². The Bertz CT molecular complexity index is 775. The monoisotopic (exact) mass is 382 g/mol. The molecule has 4 nitrogen and oxygen atoms in total. The smallest absolute Gasteiger partial charge is 0.130 e. The van der Waals surface area contributed by atoms with E-state index in [0.717, 1.165) is 37.6 Å². The van der Waals surface area contributed by atoms with Crippen LogP contribution in [0.1, 0.15) is 32.1 Å². The standard InChI is InChI=1S/C23H31FN4/c1-26(21-7-5-6-20(24)16-21)14-9-19-10-15-28(18-19)23-17-22(8-11-25-23)27-12-3-2-4-13-27/h5-8,11,16-17,19H,2-4,9-10,12-15,18H2,1H3. The Kier molecular flexibility index (Phi) is 5.98. The lowest BCUT2D eigenvalue weighted by Crippen LogP contribution is -2.30. The molecule has 2 aliphatic rings. The molecule has 0 radical (unpaired) electrons. The molecule has 2 aromatic rings. The van der Waals surface area contributed by atoms with Gasteiger partial charge in [0, 0.05) is 63.4 Å². The number of rotatable bonds is 6. The molecule has 2 aliphatic heterocycles. The van der Waals surface area contributed by atoms with E-state index in [2.05, 4.69) is 31.8 Å². The second-order valence-electron chi connectivity index (χ2n) is 8.21. The summed E-state index contributed by atoms with van der Waals surface area (Å²) in [6, 6.07) is 11.3. The van der Waals surface area contributed by atoms with Gasteiger partial charge in [0.1, 0.15) is 11.6 Å². The van der Waals surface area contributed by atoms with Gasteiger partial charge in [-0.15, -0.1) is 0 Å². The molecule has 0 N–H and O–H groups in total. The fourth-order valence-electron chi connectivity index (χ4n) is 4.42. The van der Waals surface area contributed by atoms with Crippen LogP contribution < -0.4 is 14.7 Å². The maximum absolute atomic E-state index is 13.4. The van der Waals surface area contributed by atoms with Crippen molar-refractivity contribution in [2.24, 2.45) is 5.92 Å². The molecule has 0 bridgehead atoms. The third-order valence-corrected chi connectivity index (χ3v) is 6.18. The van der Waals surface area contributed by atoms with Crippen LogP contribution in [0.25, 0.3) is 0 Å². The summed E-state index contributed by atoms with van der Waals surface area (Å²) in [5.41, 5.74) is 2.27. The third kappa shape index (κ3) is 4.57. The minimum atomic E-state index is -0.170. The highest BCUT2D eigenvalue weighted by molar-refractivity contribution is 5.55. The van der Waals surface area contributed by atoms with Crippen LogP contribution in [0.15, 0.2) is 42.6 Å². The first kappa shape index (κ1) is 19.0. The summed E-state index contributed by atoms with van der Waals surface area (Å²) in [7, 11) is 2.05. The molecule has 1 aromatic carbocycles. The maximum Gasteiger partial charge on any atom is 0.130 e. The third-order valence-electron chi connectivity index (χ3n) is 6.18. The minimum Gasteiger partial charge on any atom is -0.375 e. The van der Waals surface area contributed by atoms with Crippen LogP contribution in [0, 0.1) is 11.7 Å². The first-order chi connectivity index (χ1) is 13.7. The molecule has 0 aliphatic carbocycles. The molecule has 1 aromatic heterocycles. The number of hydrogen-bond acceptors (Lipinski definition) is 4. The van der Waals surface area contributed by atoms with Crippen LogP contribution >= 0.6 is 0 Å². The van der Waals surface area contributed by atoms with Crippen LogP contribution in [0.5, 0.6) is 0 Å². The van der Waals surface area contributed by atoms with E-state index in [1.54, 1.807) is 12.1 Å². The number of halogens is 1. The quantitative estimate of drug-likeness (QED) is 0.730. The van der Waals surface area contributed by atoms with Gasteiger partial charge in [-0.2, -0.15) is 0 Å². The first-order valence-electron chi connectivity index (χ1n) is 10.6. The van der Waals surface area contributed by atoms with Crippen molar-refractivity contribution in [3.8, 4) is 0 Å². The highest BCUT2D eigenvalue weighted by atomic mass is 19.1. The van der Waals surface area contributed by atoms with Crippen LogP contribution in [0.4, 0.5) is 21.6 Å². The van der Waals surface area contributed by atoms with Gasteiger partial charge >= 0.3 is 0 Å². The van der Waals surface area contributed by atoms with Gasteiger partial charge in [0.2, 0.25) is 0 Å². The van der Waals surface area contributed by atoms with Gasteiger partial charge in [0.05, 0.1) is 0 Å². The second kappa shape index (κ2) is 8.80. The molecule has 3 heterocycles. The van der Waals surface area contributed by atoms with Crippen molar-refractivity contribution in [2.75, 3.05) is 54.5 Å². The molecule has 0 spiro atoms. The Labute approximate surface area is 168 Å². The molecule has 28 heavy (non-hydrogen) atoms. The molecular formula is C23H31FN4. The molecule has 5 heteroatoms. The first-order valence-corrected chi connectivity index (χ1v) is 10.6. The van der Waals surface area contributed by atoms with Crippen molar-refractivity contribution in [2.45, 2.75) is 32.1 Å². The van der Waals surface area contributed by atoms with Crippen LogP contribution in [-0.4, -0.2) is 44.8 Å². The predicted molar refractivity (Wildman–Crippen MR) is 115 cm³/mol. The molecule has 0 amide bonds. The number of anilines is 3. The maximum atomic E-state index is 13.4. The topological polar surface area (TPSA) is 22.6 Å². The average molecular weight is 383 g/mol. The number of hydrogen-bond donors (Lipinski definition) is 0. The molecule has 1 atom stereocenters. The summed E-state index contributed by atoms with van der Waals surface area (Å²) >= 11 is 0. The predicted octanol–water partition coefficient (Wildman–Crippen LogP) is 4.56. The number of nitrogens with zero attached hydrogens (tertiary/aromatic N) is 4. The van der Waals surface area contributed by atoms with Crippen LogP contribution in [0.3, 0.4) is 0 Å². The van der Waals surface area contributed by atoms with Crippen molar-refractivity contribution in [3.63, 3.8) is 0 Å². The van der Waals surface area contributed by atoms with E-state index < -0.39 is 0 Å².